The van der Waals surface area contributed by atoms with E-state index >= 15 is 0 Å². The number of alkyl halides is 1. The topological polar surface area (TPSA) is 46.2 Å². The second kappa shape index (κ2) is 6.73. The number of halogens is 1. The van der Waals surface area contributed by atoms with Gasteiger partial charge in [0.15, 0.2) is 9.84 Å². The quantitative estimate of drug-likeness (QED) is 0.649. The molecule has 0 aliphatic carbocycles. The first-order valence-electron chi connectivity index (χ1n) is 6.36. The van der Waals surface area contributed by atoms with Crippen molar-refractivity contribution in [2.75, 3.05) is 18.8 Å². The van der Waals surface area contributed by atoms with E-state index in [0.717, 1.165) is 5.56 Å². The van der Waals surface area contributed by atoms with Gasteiger partial charge in [0.1, 0.15) is 0 Å². The Morgan fingerprint density at radius 3 is 2.32 bits per heavy atom. The van der Waals surface area contributed by atoms with Gasteiger partial charge in [-0.2, -0.15) is 0 Å². The number of hydrogen-bond donors (Lipinski definition) is 1. The lowest BCUT2D eigenvalue weighted by Crippen LogP contribution is -2.35. The van der Waals surface area contributed by atoms with Crippen LogP contribution in [0.1, 0.15) is 31.7 Å². The fourth-order valence-electron chi connectivity index (χ4n) is 1.52. The van der Waals surface area contributed by atoms with E-state index in [2.05, 4.69) is 5.32 Å². The van der Waals surface area contributed by atoms with Gasteiger partial charge in [-0.1, -0.05) is 30.3 Å². The maximum Gasteiger partial charge on any atom is 0.156 e. The number of nitrogens with one attached hydrogen (secondary N) is 1. The summed E-state index contributed by atoms with van der Waals surface area (Å²) in [5.41, 5.74) is 1.04. The minimum absolute atomic E-state index is 0.134. The van der Waals surface area contributed by atoms with E-state index in [-0.39, 0.29) is 11.1 Å². The molecule has 0 bridgehead atoms. The van der Waals surface area contributed by atoms with Crippen LogP contribution < -0.4 is 5.32 Å². The van der Waals surface area contributed by atoms with Gasteiger partial charge < -0.3 is 5.32 Å². The van der Waals surface area contributed by atoms with Gasteiger partial charge in [0.25, 0.3) is 0 Å². The van der Waals surface area contributed by atoms with E-state index < -0.39 is 14.6 Å². The van der Waals surface area contributed by atoms with E-state index in [4.69, 9.17) is 11.6 Å². The largest absolute Gasteiger partial charge is 0.314 e. The second-order valence-corrected chi connectivity index (χ2v) is 8.90. The molecule has 108 valence electrons. The van der Waals surface area contributed by atoms with Crippen LogP contribution in [0.3, 0.4) is 0 Å². The number of benzene rings is 1. The minimum Gasteiger partial charge on any atom is -0.314 e. The molecule has 0 spiro atoms. The predicted octanol–water partition coefficient (Wildman–Crippen LogP) is 2.77. The molecule has 5 heteroatoms. The average molecular weight is 304 g/mol. The molecule has 1 unspecified atom stereocenters. The van der Waals surface area contributed by atoms with Gasteiger partial charge in [-0.15, -0.1) is 11.6 Å². The summed E-state index contributed by atoms with van der Waals surface area (Å²) in [6.07, 6.45) is 0. The third kappa shape index (κ3) is 5.13. The molecule has 19 heavy (non-hydrogen) atoms. The van der Waals surface area contributed by atoms with Crippen molar-refractivity contribution in [1.82, 2.24) is 5.32 Å². The number of hydrogen-bond acceptors (Lipinski definition) is 3. The van der Waals surface area contributed by atoms with Crippen LogP contribution in [-0.4, -0.2) is 32.0 Å². The van der Waals surface area contributed by atoms with Gasteiger partial charge >= 0.3 is 0 Å². The molecular weight excluding hydrogens is 282 g/mol. The van der Waals surface area contributed by atoms with Crippen LogP contribution in [0.25, 0.3) is 0 Å². The Kier molecular flexibility index (Phi) is 5.83. The molecule has 1 N–H and O–H groups in total. The van der Waals surface area contributed by atoms with Crippen molar-refractivity contribution >= 4 is 21.4 Å². The highest BCUT2D eigenvalue weighted by Crippen LogP contribution is 2.19. The fraction of sp³-hybridized carbons (Fsp3) is 0.571. The van der Waals surface area contributed by atoms with Crippen LogP contribution in [0.5, 0.6) is 0 Å². The van der Waals surface area contributed by atoms with Crippen LogP contribution >= 0.6 is 11.6 Å². The summed E-state index contributed by atoms with van der Waals surface area (Å²) in [5.74, 6) is 0.134. The van der Waals surface area contributed by atoms with Crippen LogP contribution in [0.15, 0.2) is 30.3 Å². The van der Waals surface area contributed by atoms with E-state index in [1.807, 2.05) is 30.3 Å². The molecular formula is C14H22ClNO2S. The van der Waals surface area contributed by atoms with Gasteiger partial charge in [0, 0.05) is 13.1 Å². The molecule has 0 aliphatic heterocycles. The first kappa shape index (κ1) is 16.5. The minimum atomic E-state index is -3.07. The Bertz CT molecular complexity index is 480. The summed E-state index contributed by atoms with van der Waals surface area (Å²) >= 11 is 6.23. The van der Waals surface area contributed by atoms with Crippen LogP contribution in [0.2, 0.25) is 0 Å². The van der Waals surface area contributed by atoms with Crippen molar-refractivity contribution < 1.29 is 8.42 Å². The molecule has 3 nitrogen and oxygen atoms in total. The lowest BCUT2D eigenvalue weighted by molar-refractivity contribution is 0.555. The summed E-state index contributed by atoms with van der Waals surface area (Å²) in [5, 5.41) is 2.96. The van der Waals surface area contributed by atoms with E-state index in [9.17, 15) is 8.42 Å². The lowest BCUT2D eigenvalue weighted by Gasteiger charge is -2.19. The maximum atomic E-state index is 11.9. The van der Waals surface area contributed by atoms with E-state index in [0.29, 0.717) is 13.1 Å². The van der Waals surface area contributed by atoms with Crippen molar-refractivity contribution in [2.24, 2.45) is 0 Å². The zero-order chi connectivity index (χ0) is 14.5. The summed E-state index contributed by atoms with van der Waals surface area (Å²) in [6.45, 7) is 6.14. The standard InChI is InChI=1S/C14H22ClNO2S/c1-14(2,3)19(17,18)10-9-16-11-13(15)12-7-5-4-6-8-12/h4-8,13,16H,9-11H2,1-3H3. The molecule has 0 aliphatic rings. The summed E-state index contributed by atoms with van der Waals surface area (Å²) < 4.78 is 23.1. The molecule has 0 radical (unpaired) electrons. The molecule has 1 atom stereocenters. The van der Waals surface area contributed by atoms with E-state index in [1.165, 1.54) is 0 Å². The second-order valence-electron chi connectivity index (χ2n) is 5.51. The van der Waals surface area contributed by atoms with Gasteiger partial charge in [0.2, 0.25) is 0 Å². The number of sulfone groups is 1. The van der Waals surface area contributed by atoms with Crippen molar-refractivity contribution in [3.63, 3.8) is 0 Å². The summed E-state index contributed by atoms with van der Waals surface area (Å²) in [7, 11) is -3.07. The Labute approximate surface area is 121 Å². The highest BCUT2D eigenvalue weighted by molar-refractivity contribution is 7.92. The average Bonchev–Trinajstić information content (AvgIpc) is 2.34. The van der Waals surface area contributed by atoms with Crippen LogP contribution in [0.4, 0.5) is 0 Å². The Hall–Kier alpha value is -0.580. The first-order chi connectivity index (χ1) is 8.74. The zero-order valence-corrected chi connectivity index (χ0v) is 13.3. The monoisotopic (exact) mass is 303 g/mol. The summed E-state index contributed by atoms with van der Waals surface area (Å²) in [6, 6.07) is 9.75. The molecule has 0 aromatic heterocycles. The predicted molar refractivity (Wildman–Crippen MR) is 81.4 cm³/mol. The SMILES string of the molecule is CC(C)(C)S(=O)(=O)CCNCC(Cl)c1ccccc1. The van der Waals surface area contributed by atoms with E-state index in [1.54, 1.807) is 20.8 Å². The molecule has 0 saturated heterocycles. The highest BCUT2D eigenvalue weighted by Gasteiger charge is 2.28. The van der Waals surface area contributed by atoms with Crippen molar-refractivity contribution in [3.8, 4) is 0 Å². The van der Waals surface area contributed by atoms with Gasteiger partial charge in [-0.3, -0.25) is 0 Å². The van der Waals surface area contributed by atoms with Crippen molar-refractivity contribution in [2.45, 2.75) is 30.9 Å². The number of rotatable bonds is 6. The Balaban J connectivity index is 2.36. The summed E-state index contributed by atoms with van der Waals surface area (Å²) in [4.78, 5) is 0. The Morgan fingerprint density at radius 2 is 1.79 bits per heavy atom. The molecule has 1 rings (SSSR count). The fourth-order valence-corrected chi connectivity index (χ4v) is 2.80. The molecule has 0 heterocycles. The maximum absolute atomic E-state index is 11.9. The van der Waals surface area contributed by atoms with Gasteiger partial charge in [0.05, 0.1) is 15.9 Å². The van der Waals surface area contributed by atoms with Gasteiger partial charge in [-0.05, 0) is 26.3 Å². The van der Waals surface area contributed by atoms with Crippen molar-refractivity contribution in [3.05, 3.63) is 35.9 Å². The molecule has 1 aromatic carbocycles. The molecule has 0 saturated carbocycles. The molecule has 1 aromatic rings. The molecule has 0 fully saturated rings. The normalized spacial score (nSPS) is 14.3. The van der Waals surface area contributed by atoms with Crippen molar-refractivity contribution in [1.29, 1.82) is 0 Å². The first-order valence-corrected chi connectivity index (χ1v) is 8.45. The highest BCUT2D eigenvalue weighted by atomic mass is 35.5. The zero-order valence-electron chi connectivity index (χ0n) is 11.7. The Morgan fingerprint density at radius 1 is 1.21 bits per heavy atom. The molecule has 0 amide bonds. The van der Waals surface area contributed by atoms with Crippen LogP contribution in [-0.2, 0) is 9.84 Å². The smallest absolute Gasteiger partial charge is 0.156 e. The third-order valence-corrected chi connectivity index (χ3v) is 5.98. The van der Waals surface area contributed by atoms with Gasteiger partial charge in [-0.25, -0.2) is 8.42 Å². The van der Waals surface area contributed by atoms with Crippen LogP contribution in [0, 0.1) is 0 Å². The lowest BCUT2D eigenvalue weighted by atomic mass is 10.1. The third-order valence-electron chi connectivity index (χ3n) is 2.97.